The van der Waals surface area contributed by atoms with Gasteiger partial charge in [-0.15, -0.1) is 0 Å². The summed E-state index contributed by atoms with van der Waals surface area (Å²) in [7, 11) is 1.66. The largest absolute Gasteiger partial charge is 0.497 e. The molecule has 0 saturated carbocycles. The third-order valence-electron chi connectivity index (χ3n) is 4.01. The van der Waals surface area contributed by atoms with Gasteiger partial charge in [-0.25, -0.2) is 4.98 Å². The van der Waals surface area contributed by atoms with Crippen LogP contribution in [-0.4, -0.2) is 23.2 Å². The number of hydrogen-bond donors (Lipinski definition) is 0. The zero-order valence-electron chi connectivity index (χ0n) is 13.8. The van der Waals surface area contributed by atoms with Gasteiger partial charge in [0.05, 0.1) is 18.1 Å². The lowest BCUT2D eigenvalue weighted by Gasteiger charge is -2.09. The Morgan fingerprint density at radius 1 is 1.21 bits per heavy atom. The Bertz CT molecular complexity index is 892. The van der Waals surface area contributed by atoms with Crippen LogP contribution in [0.1, 0.15) is 18.3 Å². The summed E-state index contributed by atoms with van der Waals surface area (Å²) in [6.07, 6.45) is 1.59. The molecular formula is C18H19N5O. The SMILES string of the molecule is CCc1nc2cc(OC)ccc2n1-c1ccc(CCN=[N+]=[N-])cc1. The van der Waals surface area contributed by atoms with Crippen LogP contribution in [0.25, 0.3) is 27.2 Å². The number of nitrogens with zero attached hydrogens (tertiary/aromatic N) is 5. The van der Waals surface area contributed by atoms with Crippen molar-refractivity contribution in [2.75, 3.05) is 13.7 Å². The fourth-order valence-corrected chi connectivity index (χ4v) is 2.80. The van der Waals surface area contributed by atoms with E-state index >= 15 is 0 Å². The summed E-state index contributed by atoms with van der Waals surface area (Å²) in [4.78, 5) is 7.51. The van der Waals surface area contributed by atoms with Gasteiger partial charge in [0, 0.05) is 29.6 Å². The van der Waals surface area contributed by atoms with E-state index in [0.717, 1.165) is 46.7 Å². The molecular weight excluding hydrogens is 302 g/mol. The van der Waals surface area contributed by atoms with E-state index in [1.165, 1.54) is 0 Å². The van der Waals surface area contributed by atoms with Crippen molar-refractivity contribution in [2.45, 2.75) is 19.8 Å². The standard InChI is InChI=1S/C18H19N5O/c1-3-18-21-16-12-15(24-2)8-9-17(16)23(18)14-6-4-13(5-7-14)10-11-20-22-19/h4-9,12H,3,10-11H2,1-2H3. The quantitative estimate of drug-likeness (QED) is 0.382. The highest BCUT2D eigenvalue weighted by atomic mass is 16.5. The van der Waals surface area contributed by atoms with Crippen molar-refractivity contribution in [3.8, 4) is 11.4 Å². The van der Waals surface area contributed by atoms with Gasteiger partial charge in [0.25, 0.3) is 0 Å². The second-order valence-electron chi connectivity index (χ2n) is 5.44. The minimum Gasteiger partial charge on any atom is -0.497 e. The lowest BCUT2D eigenvalue weighted by atomic mass is 10.1. The van der Waals surface area contributed by atoms with Gasteiger partial charge in [-0.05, 0) is 41.8 Å². The molecule has 0 atom stereocenters. The molecule has 0 amide bonds. The van der Waals surface area contributed by atoms with E-state index in [1.54, 1.807) is 7.11 Å². The Kier molecular flexibility index (Phi) is 4.68. The molecule has 0 saturated heterocycles. The predicted octanol–water partition coefficient (Wildman–Crippen LogP) is 4.45. The molecule has 0 aliphatic rings. The van der Waals surface area contributed by atoms with Crippen LogP contribution in [0.3, 0.4) is 0 Å². The molecule has 2 aromatic carbocycles. The van der Waals surface area contributed by atoms with Crippen LogP contribution in [0.5, 0.6) is 5.75 Å². The predicted molar refractivity (Wildman–Crippen MR) is 94.7 cm³/mol. The Labute approximate surface area is 140 Å². The minimum absolute atomic E-state index is 0.476. The van der Waals surface area contributed by atoms with E-state index in [4.69, 9.17) is 15.3 Å². The lowest BCUT2D eigenvalue weighted by Crippen LogP contribution is -2.00. The minimum atomic E-state index is 0.476. The van der Waals surface area contributed by atoms with E-state index < -0.39 is 0 Å². The first-order chi connectivity index (χ1) is 11.8. The van der Waals surface area contributed by atoms with E-state index in [2.05, 4.69) is 45.8 Å². The van der Waals surface area contributed by atoms with Crippen molar-refractivity contribution in [3.63, 3.8) is 0 Å². The zero-order valence-corrected chi connectivity index (χ0v) is 13.8. The second kappa shape index (κ2) is 7.06. The van der Waals surface area contributed by atoms with Crippen LogP contribution in [-0.2, 0) is 12.8 Å². The number of fused-ring (bicyclic) bond motifs is 1. The average molecular weight is 321 g/mol. The van der Waals surface area contributed by atoms with Crippen LogP contribution in [0, 0.1) is 0 Å². The monoisotopic (exact) mass is 321 g/mol. The normalized spacial score (nSPS) is 10.6. The molecule has 0 fully saturated rings. The second-order valence-corrected chi connectivity index (χ2v) is 5.44. The van der Waals surface area contributed by atoms with E-state index in [1.807, 2.05) is 18.2 Å². The molecule has 0 aliphatic heterocycles. The van der Waals surface area contributed by atoms with Crippen LogP contribution in [0.4, 0.5) is 0 Å². The number of hydrogen-bond acceptors (Lipinski definition) is 3. The molecule has 0 bridgehead atoms. The molecule has 3 aromatic rings. The molecule has 1 aromatic heterocycles. The summed E-state index contributed by atoms with van der Waals surface area (Å²) in [5.74, 6) is 1.82. The topological polar surface area (TPSA) is 75.8 Å². The molecule has 1 heterocycles. The molecule has 122 valence electrons. The molecule has 6 heteroatoms. The van der Waals surface area contributed by atoms with Gasteiger partial charge < -0.3 is 4.74 Å². The maximum Gasteiger partial charge on any atom is 0.121 e. The zero-order chi connectivity index (χ0) is 16.9. The van der Waals surface area contributed by atoms with E-state index in [9.17, 15) is 0 Å². The Morgan fingerprint density at radius 2 is 2.00 bits per heavy atom. The number of aromatic nitrogens is 2. The summed E-state index contributed by atoms with van der Waals surface area (Å²) in [5.41, 5.74) is 12.6. The van der Waals surface area contributed by atoms with Crippen LogP contribution in [0.2, 0.25) is 0 Å². The van der Waals surface area contributed by atoms with Crippen molar-refractivity contribution >= 4 is 11.0 Å². The number of ether oxygens (including phenoxy) is 1. The molecule has 0 unspecified atom stereocenters. The van der Waals surface area contributed by atoms with Crippen molar-refractivity contribution in [1.29, 1.82) is 0 Å². The Morgan fingerprint density at radius 3 is 2.67 bits per heavy atom. The molecule has 0 N–H and O–H groups in total. The maximum absolute atomic E-state index is 8.35. The summed E-state index contributed by atoms with van der Waals surface area (Å²) in [6.45, 7) is 2.58. The van der Waals surface area contributed by atoms with Gasteiger partial charge in [0.1, 0.15) is 11.6 Å². The molecule has 0 radical (unpaired) electrons. The van der Waals surface area contributed by atoms with Gasteiger partial charge in [0.2, 0.25) is 0 Å². The number of aryl methyl sites for hydroxylation is 1. The number of azide groups is 1. The fraction of sp³-hybridized carbons (Fsp3) is 0.278. The molecule has 3 rings (SSSR count). The number of benzene rings is 2. The van der Waals surface area contributed by atoms with Gasteiger partial charge in [0.15, 0.2) is 0 Å². The molecule has 0 aliphatic carbocycles. The molecule has 0 spiro atoms. The van der Waals surface area contributed by atoms with Gasteiger partial charge in [-0.3, -0.25) is 4.57 Å². The van der Waals surface area contributed by atoms with Gasteiger partial charge >= 0.3 is 0 Å². The fourth-order valence-electron chi connectivity index (χ4n) is 2.80. The summed E-state index contributed by atoms with van der Waals surface area (Å²) in [5, 5.41) is 3.58. The highest BCUT2D eigenvalue weighted by molar-refractivity contribution is 5.80. The third-order valence-corrected chi connectivity index (χ3v) is 4.01. The number of methoxy groups -OCH3 is 1. The number of rotatable bonds is 6. The van der Waals surface area contributed by atoms with Crippen molar-refractivity contribution in [1.82, 2.24) is 9.55 Å². The third kappa shape index (κ3) is 3.05. The van der Waals surface area contributed by atoms with Gasteiger partial charge in [-0.1, -0.05) is 24.2 Å². The highest BCUT2D eigenvalue weighted by Gasteiger charge is 2.12. The molecule has 6 nitrogen and oxygen atoms in total. The van der Waals surface area contributed by atoms with Crippen molar-refractivity contribution in [2.24, 2.45) is 5.11 Å². The first-order valence-corrected chi connectivity index (χ1v) is 7.92. The Hall–Kier alpha value is -2.98. The van der Waals surface area contributed by atoms with Crippen LogP contribution in [0.15, 0.2) is 47.6 Å². The van der Waals surface area contributed by atoms with Crippen molar-refractivity contribution in [3.05, 3.63) is 64.3 Å². The molecule has 24 heavy (non-hydrogen) atoms. The first kappa shape index (κ1) is 15.9. The summed E-state index contributed by atoms with van der Waals surface area (Å²) >= 11 is 0. The summed E-state index contributed by atoms with van der Waals surface area (Å²) in [6, 6.07) is 14.2. The maximum atomic E-state index is 8.35. The highest BCUT2D eigenvalue weighted by Crippen LogP contribution is 2.25. The lowest BCUT2D eigenvalue weighted by molar-refractivity contribution is 0.415. The van der Waals surface area contributed by atoms with Gasteiger partial charge in [-0.2, -0.15) is 0 Å². The number of imidazole rings is 1. The smallest absolute Gasteiger partial charge is 0.121 e. The van der Waals surface area contributed by atoms with Crippen LogP contribution < -0.4 is 4.74 Å². The Balaban J connectivity index is 2.00. The van der Waals surface area contributed by atoms with Crippen molar-refractivity contribution < 1.29 is 4.74 Å². The average Bonchev–Trinajstić information content (AvgIpc) is 3.00. The summed E-state index contributed by atoms with van der Waals surface area (Å²) < 4.78 is 7.46. The van der Waals surface area contributed by atoms with E-state index in [0.29, 0.717) is 6.54 Å². The van der Waals surface area contributed by atoms with Crippen LogP contribution >= 0.6 is 0 Å². The first-order valence-electron chi connectivity index (χ1n) is 7.92. The van der Waals surface area contributed by atoms with E-state index in [-0.39, 0.29) is 0 Å².